The van der Waals surface area contributed by atoms with Crippen LogP contribution in [0.1, 0.15) is 5.56 Å². The molecule has 0 bridgehead atoms. The van der Waals surface area contributed by atoms with Gasteiger partial charge in [-0.2, -0.15) is 5.10 Å². The summed E-state index contributed by atoms with van der Waals surface area (Å²) in [7, 11) is 0. The minimum atomic E-state index is -0.0832. The second kappa shape index (κ2) is 10.8. The van der Waals surface area contributed by atoms with E-state index in [4.69, 9.17) is 12.6 Å². The first-order valence-corrected chi connectivity index (χ1v) is 14.1. The molecule has 0 radical (unpaired) electrons. The van der Waals surface area contributed by atoms with Gasteiger partial charge in [-0.1, -0.05) is 60.3 Å². The zero-order chi connectivity index (χ0) is 18.8. The van der Waals surface area contributed by atoms with Crippen LogP contribution in [0.25, 0.3) is 10.8 Å². The van der Waals surface area contributed by atoms with Gasteiger partial charge >= 0.3 is 31.0 Å². The molecule has 4 nitrogen and oxygen atoms in total. The first-order chi connectivity index (χ1) is 12.7. The fourth-order valence-corrected chi connectivity index (χ4v) is 2.36. The van der Waals surface area contributed by atoms with Gasteiger partial charge in [0.15, 0.2) is 0 Å². The first kappa shape index (κ1) is 20.2. The number of hydrogen-bond donors (Lipinski definition) is 1. The number of aliphatic imine (C=N–C) groups is 1. The SMILES string of the molecule is [CH3][Sn+2][CH3].[O-]c1ccc2ccccc2c1/C=N/NC([S-])=Nc1ccccc1. The molecular weight excluding hydrogens is 449 g/mol. The van der Waals surface area contributed by atoms with Crippen LogP contribution in [0.2, 0.25) is 9.88 Å². The second-order valence-corrected chi connectivity index (χ2v) is 8.56. The van der Waals surface area contributed by atoms with Crippen molar-refractivity contribution in [2.45, 2.75) is 9.88 Å². The Labute approximate surface area is 169 Å². The molecule has 3 rings (SSSR count). The summed E-state index contributed by atoms with van der Waals surface area (Å²) in [5, 5.41) is 18.1. The maximum Gasteiger partial charge on any atom is 0.0629 e. The molecule has 6 heteroatoms. The number of nitrogens with zero attached hydrogens (tertiary/aromatic N) is 2. The average Bonchev–Trinajstić information content (AvgIpc) is 2.65. The summed E-state index contributed by atoms with van der Waals surface area (Å²) in [5.41, 5.74) is 3.94. The van der Waals surface area contributed by atoms with E-state index in [9.17, 15) is 5.11 Å². The first-order valence-electron chi connectivity index (χ1n) is 8.02. The van der Waals surface area contributed by atoms with Gasteiger partial charge in [0.1, 0.15) is 0 Å². The topological polar surface area (TPSA) is 59.8 Å². The van der Waals surface area contributed by atoms with Crippen molar-refractivity contribution < 1.29 is 5.11 Å². The number of amidine groups is 1. The quantitative estimate of drug-likeness (QED) is 0.209. The van der Waals surface area contributed by atoms with Crippen LogP contribution in [0.5, 0.6) is 5.75 Å². The van der Waals surface area contributed by atoms with Crippen LogP contribution in [0.3, 0.4) is 0 Å². The van der Waals surface area contributed by atoms with Crippen LogP contribution in [-0.2, 0) is 12.6 Å². The van der Waals surface area contributed by atoms with Crippen LogP contribution in [0, 0.1) is 0 Å². The Balaban J connectivity index is 0.000000758. The van der Waals surface area contributed by atoms with E-state index in [0.29, 0.717) is 5.56 Å². The molecule has 3 aromatic rings. The summed E-state index contributed by atoms with van der Waals surface area (Å²) in [6.45, 7) is 0. The van der Waals surface area contributed by atoms with E-state index in [1.807, 2.05) is 54.6 Å². The van der Waals surface area contributed by atoms with Gasteiger partial charge in [0, 0.05) is 5.17 Å². The van der Waals surface area contributed by atoms with Crippen molar-refractivity contribution in [1.82, 2.24) is 5.43 Å². The molecule has 0 aliphatic rings. The summed E-state index contributed by atoms with van der Waals surface area (Å²) in [4.78, 5) is 8.79. The predicted molar refractivity (Wildman–Crippen MR) is 113 cm³/mol. The van der Waals surface area contributed by atoms with Crippen LogP contribution < -0.4 is 10.5 Å². The Bertz CT molecular complexity index is 898. The molecule has 0 amide bonds. The molecule has 1 N–H and O–H groups in total. The summed E-state index contributed by atoms with van der Waals surface area (Å²) < 4.78 is 0. The number of hydrazone groups is 1. The number of benzene rings is 3. The minimum Gasteiger partial charge on any atom is -0.872 e. The molecule has 0 aromatic heterocycles. The molecule has 0 aliphatic heterocycles. The van der Waals surface area contributed by atoms with E-state index in [1.54, 1.807) is 6.07 Å². The van der Waals surface area contributed by atoms with Crippen LogP contribution >= 0.6 is 0 Å². The van der Waals surface area contributed by atoms with E-state index in [2.05, 4.69) is 25.4 Å². The zero-order valence-corrected chi connectivity index (χ0v) is 18.3. The molecule has 0 saturated carbocycles. The molecule has 0 heterocycles. The van der Waals surface area contributed by atoms with Gasteiger partial charge in [-0.25, -0.2) is 0 Å². The second-order valence-electron chi connectivity index (χ2n) is 5.32. The van der Waals surface area contributed by atoms with Gasteiger partial charge in [-0.3, -0.25) is 10.4 Å². The van der Waals surface area contributed by atoms with Crippen molar-refractivity contribution in [3.63, 3.8) is 0 Å². The van der Waals surface area contributed by atoms with E-state index in [0.717, 1.165) is 16.5 Å². The van der Waals surface area contributed by atoms with E-state index >= 15 is 0 Å². The van der Waals surface area contributed by atoms with E-state index in [-0.39, 0.29) is 32.1 Å². The minimum absolute atomic E-state index is 0.0832. The van der Waals surface area contributed by atoms with Crippen molar-refractivity contribution in [3.05, 3.63) is 72.3 Å². The molecule has 0 aliphatic carbocycles. The summed E-state index contributed by atoms with van der Waals surface area (Å²) >= 11 is 5.34. The third-order valence-corrected chi connectivity index (χ3v) is 3.45. The summed E-state index contributed by atoms with van der Waals surface area (Å²) in [6.07, 6.45) is 1.48. The molecule has 3 aromatic carbocycles. The van der Waals surface area contributed by atoms with E-state index in [1.165, 1.54) is 12.3 Å². The summed E-state index contributed by atoms with van der Waals surface area (Å²) in [6, 6.07) is 20.4. The molecule has 0 fully saturated rings. The number of nitrogens with one attached hydrogen (secondary N) is 1. The van der Waals surface area contributed by atoms with Gasteiger partial charge in [0.05, 0.1) is 11.9 Å². The van der Waals surface area contributed by atoms with Gasteiger partial charge in [-0.15, -0.1) is 0 Å². The number of hydrogen-bond acceptors (Lipinski definition) is 4. The van der Waals surface area contributed by atoms with Crippen LogP contribution in [-0.4, -0.2) is 32.5 Å². The van der Waals surface area contributed by atoms with Crippen molar-refractivity contribution >= 4 is 61.6 Å². The zero-order valence-electron chi connectivity index (χ0n) is 14.6. The van der Waals surface area contributed by atoms with Crippen molar-refractivity contribution in [2.24, 2.45) is 10.1 Å². The van der Waals surface area contributed by atoms with Crippen molar-refractivity contribution in [1.29, 1.82) is 0 Å². The molecule has 0 spiro atoms. The maximum atomic E-state index is 12.0. The van der Waals surface area contributed by atoms with Gasteiger partial charge < -0.3 is 17.7 Å². The third kappa shape index (κ3) is 6.00. The Morgan fingerprint density at radius 1 is 1.00 bits per heavy atom. The maximum absolute atomic E-state index is 12.0. The number of para-hydroxylation sites is 1. The Kier molecular flexibility index (Phi) is 8.37. The van der Waals surface area contributed by atoms with Gasteiger partial charge in [0.2, 0.25) is 0 Å². The monoisotopic (exact) mass is 469 g/mol. The molecular formula is C20H19N3OSSn. The van der Waals surface area contributed by atoms with Gasteiger partial charge in [0.25, 0.3) is 0 Å². The Hall–Kier alpha value is -2.12. The molecule has 0 unspecified atom stereocenters. The number of fused-ring (bicyclic) bond motifs is 1. The van der Waals surface area contributed by atoms with Crippen LogP contribution in [0.15, 0.2) is 76.8 Å². The molecule has 0 atom stereocenters. The third-order valence-electron chi connectivity index (χ3n) is 3.27. The fraction of sp³-hybridized carbons (Fsp3) is 0.100. The molecule has 26 heavy (non-hydrogen) atoms. The molecule has 0 saturated heterocycles. The number of rotatable bonds is 3. The molecule has 130 valence electrons. The van der Waals surface area contributed by atoms with Crippen molar-refractivity contribution in [2.75, 3.05) is 0 Å². The smallest absolute Gasteiger partial charge is 0.0629 e. The normalized spacial score (nSPS) is 10.9. The standard InChI is InChI=1S/C18H15N3OS.2CH3.Sn/c22-17-11-10-13-6-4-5-9-15(13)16(17)12-19-21-18(23)20-14-7-2-1-3-8-14;;;/h1-12,22H,(H2,20,21,23);2*1H3;/q;;;+2/p-2/b19-12+;;;. The van der Waals surface area contributed by atoms with Crippen LogP contribution in [0.4, 0.5) is 5.69 Å². The Morgan fingerprint density at radius 2 is 1.65 bits per heavy atom. The largest absolute Gasteiger partial charge is 0.872 e. The Morgan fingerprint density at radius 3 is 2.38 bits per heavy atom. The van der Waals surface area contributed by atoms with E-state index < -0.39 is 0 Å². The van der Waals surface area contributed by atoms with Crippen molar-refractivity contribution in [3.8, 4) is 5.75 Å². The average molecular weight is 468 g/mol. The predicted octanol–water partition coefficient (Wildman–Crippen LogP) is 3.86. The summed E-state index contributed by atoms with van der Waals surface area (Å²) in [5.74, 6) is -0.0832. The fourth-order valence-electron chi connectivity index (χ4n) is 2.21. The van der Waals surface area contributed by atoms with Gasteiger partial charge in [-0.05, 0) is 28.5 Å².